The van der Waals surface area contributed by atoms with Crippen molar-refractivity contribution < 1.29 is 27.5 Å². The number of hydroxylamine groups is 3. The second kappa shape index (κ2) is 10.5. The number of nitrogens with zero attached hydrogens (tertiary/aromatic N) is 3. The molecule has 4 fully saturated rings. The molecule has 4 heterocycles. The molecule has 0 saturated carbocycles. The van der Waals surface area contributed by atoms with Crippen LogP contribution >= 0.6 is 0 Å². The van der Waals surface area contributed by atoms with Gasteiger partial charge in [-0.1, -0.05) is 12.8 Å². The van der Waals surface area contributed by atoms with Crippen LogP contribution in [-0.4, -0.2) is 93.0 Å². The third-order valence-corrected chi connectivity index (χ3v) is 7.04. The summed E-state index contributed by atoms with van der Waals surface area (Å²) in [7, 11) is 0. The van der Waals surface area contributed by atoms with Crippen LogP contribution in [-0.2, 0) is 25.3 Å². The average molecular weight is 460 g/mol. The van der Waals surface area contributed by atoms with Gasteiger partial charge in [-0.25, -0.2) is 10.3 Å². The normalized spacial score (nSPS) is 32.9. The molecule has 11 nitrogen and oxygen atoms in total. The first-order valence-corrected chi connectivity index (χ1v) is 12.3. The molecule has 4 aliphatic rings. The second-order valence-electron chi connectivity index (χ2n) is 9.00. The molecule has 4 saturated heterocycles. The van der Waals surface area contributed by atoms with Gasteiger partial charge < -0.3 is 15.1 Å². The van der Waals surface area contributed by atoms with Gasteiger partial charge in [-0.2, -0.15) is 9.27 Å². The zero-order valence-corrected chi connectivity index (χ0v) is 18.6. The Kier molecular flexibility index (Phi) is 7.77. The second-order valence-corrected chi connectivity index (χ2v) is 9.58. The SMILES string of the molecule is O=C(NOC[C@H]1C[C@H](CN2CCCCCC2)CN1)C1CCC2CN1C(=O)N2OS(=O)O. The van der Waals surface area contributed by atoms with E-state index in [-0.39, 0.29) is 24.5 Å². The highest BCUT2D eigenvalue weighted by atomic mass is 32.2. The average Bonchev–Trinajstić information content (AvgIpc) is 3.15. The first-order valence-electron chi connectivity index (χ1n) is 11.3. The lowest BCUT2D eigenvalue weighted by Crippen LogP contribution is -2.50. The predicted molar refractivity (Wildman–Crippen MR) is 112 cm³/mol. The minimum absolute atomic E-state index is 0.199. The van der Waals surface area contributed by atoms with Gasteiger partial charge in [-0.3, -0.25) is 14.2 Å². The highest BCUT2D eigenvalue weighted by molar-refractivity contribution is 7.74. The van der Waals surface area contributed by atoms with Crippen LogP contribution in [0.5, 0.6) is 0 Å². The maximum Gasteiger partial charge on any atom is 0.346 e. The Hall–Kier alpha value is -1.31. The third-order valence-electron chi connectivity index (χ3n) is 6.75. The first-order chi connectivity index (χ1) is 15.0. The molecule has 176 valence electrons. The highest BCUT2D eigenvalue weighted by Gasteiger charge is 2.48. The summed E-state index contributed by atoms with van der Waals surface area (Å²) < 4.78 is 24.5. The van der Waals surface area contributed by atoms with Crippen molar-refractivity contribution >= 4 is 23.3 Å². The molecule has 4 aliphatic heterocycles. The Labute approximate surface area is 185 Å². The summed E-state index contributed by atoms with van der Waals surface area (Å²) in [5, 5.41) is 4.38. The van der Waals surface area contributed by atoms with Crippen molar-refractivity contribution in [2.45, 2.75) is 63.1 Å². The molecular formula is C19H33N5O6S. The third kappa shape index (κ3) is 5.74. The number of amides is 3. The molecule has 0 aliphatic carbocycles. The van der Waals surface area contributed by atoms with E-state index in [1.165, 1.54) is 43.7 Å². The molecule has 2 bridgehead atoms. The minimum Gasteiger partial charge on any atom is -0.311 e. The Morgan fingerprint density at radius 3 is 2.74 bits per heavy atom. The Bertz CT molecular complexity index is 676. The summed E-state index contributed by atoms with van der Waals surface area (Å²) in [6.07, 6.45) is 7.25. The van der Waals surface area contributed by atoms with Crippen LogP contribution in [0.3, 0.4) is 0 Å². The number of likely N-dealkylation sites (tertiary alicyclic amines) is 1. The molecule has 3 unspecified atom stereocenters. The van der Waals surface area contributed by atoms with E-state index in [1.807, 2.05) is 0 Å². The van der Waals surface area contributed by atoms with E-state index in [2.05, 4.69) is 20.0 Å². The number of nitrogens with one attached hydrogen (secondary N) is 2. The maximum atomic E-state index is 12.6. The van der Waals surface area contributed by atoms with Crippen molar-refractivity contribution in [1.82, 2.24) is 25.7 Å². The van der Waals surface area contributed by atoms with Gasteiger partial charge in [0.1, 0.15) is 6.04 Å². The standard InChI is InChI=1S/C19H33N5O6S/c25-18(17-6-5-16-12-23(17)19(26)24(16)30-31(27)28)21-29-13-15-9-14(10-20-15)11-22-7-3-1-2-4-8-22/h14-17,20H,1-13H2,(H,21,25)(H,27,28)/t14-,15+,16?,17?/m0/s1. The van der Waals surface area contributed by atoms with Crippen LogP contribution in [0.2, 0.25) is 0 Å². The van der Waals surface area contributed by atoms with E-state index in [1.54, 1.807) is 0 Å². The van der Waals surface area contributed by atoms with E-state index < -0.39 is 23.4 Å². The largest absolute Gasteiger partial charge is 0.346 e. The van der Waals surface area contributed by atoms with Crippen molar-refractivity contribution in [3.63, 3.8) is 0 Å². The number of carbonyl (C=O) groups is 2. The number of piperidine rings is 1. The zero-order valence-electron chi connectivity index (χ0n) is 17.7. The lowest BCUT2D eigenvalue weighted by Gasteiger charge is -2.29. The van der Waals surface area contributed by atoms with Gasteiger partial charge in [0, 0.05) is 19.1 Å². The summed E-state index contributed by atoms with van der Waals surface area (Å²) in [4.78, 5) is 34.4. The predicted octanol–water partition coefficient (Wildman–Crippen LogP) is 0.225. The lowest BCUT2D eigenvalue weighted by atomic mass is 10.0. The monoisotopic (exact) mass is 459 g/mol. The smallest absolute Gasteiger partial charge is 0.311 e. The van der Waals surface area contributed by atoms with Crippen molar-refractivity contribution in [2.75, 3.05) is 39.3 Å². The fourth-order valence-corrected chi connectivity index (χ4v) is 5.53. The number of fused-ring (bicyclic) bond motifs is 2. The molecule has 0 radical (unpaired) electrons. The van der Waals surface area contributed by atoms with E-state index in [9.17, 15) is 13.8 Å². The molecule has 12 heteroatoms. The van der Waals surface area contributed by atoms with Crippen molar-refractivity contribution in [3.8, 4) is 0 Å². The van der Waals surface area contributed by atoms with Crippen LogP contribution in [0.25, 0.3) is 0 Å². The van der Waals surface area contributed by atoms with Crippen LogP contribution < -0.4 is 10.8 Å². The summed E-state index contributed by atoms with van der Waals surface area (Å²) in [6.45, 7) is 5.14. The number of carbonyl (C=O) groups excluding carboxylic acids is 2. The lowest BCUT2D eigenvalue weighted by molar-refractivity contribution is -0.139. The van der Waals surface area contributed by atoms with Gasteiger partial charge in [0.05, 0.1) is 12.6 Å². The fourth-order valence-electron chi connectivity index (χ4n) is 5.21. The number of hydrogen-bond acceptors (Lipinski definition) is 7. The Morgan fingerprint density at radius 2 is 2.00 bits per heavy atom. The van der Waals surface area contributed by atoms with Gasteiger partial charge >= 0.3 is 17.4 Å². The quantitative estimate of drug-likeness (QED) is 0.348. The van der Waals surface area contributed by atoms with Gasteiger partial charge in [0.15, 0.2) is 0 Å². The van der Waals surface area contributed by atoms with Crippen molar-refractivity contribution in [2.24, 2.45) is 5.92 Å². The molecule has 5 atom stereocenters. The molecule has 0 aromatic heterocycles. The molecule has 0 aromatic carbocycles. The zero-order chi connectivity index (χ0) is 21.8. The molecule has 0 spiro atoms. The Morgan fingerprint density at radius 1 is 1.23 bits per heavy atom. The molecular weight excluding hydrogens is 426 g/mol. The van der Waals surface area contributed by atoms with E-state index in [0.717, 1.165) is 24.6 Å². The van der Waals surface area contributed by atoms with Gasteiger partial charge in [0.2, 0.25) is 0 Å². The van der Waals surface area contributed by atoms with E-state index in [0.29, 0.717) is 25.4 Å². The number of rotatable bonds is 8. The minimum atomic E-state index is -2.58. The van der Waals surface area contributed by atoms with Gasteiger partial charge in [-0.15, -0.1) is 4.28 Å². The highest BCUT2D eigenvalue weighted by Crippen LogP contribution is 2.30. The maximum absolute atomic E-state index is 12.6. The fraction of sp³-hybridized carbons (Fsp3) is 0.895. The summed E-state index contributed by atoms with van der Waals surface area (Å²) in [5.41, 5.74) is 2.49. The van der Waals surface area contributed by atoms with Crippen LogP contribution in [0.1, 0.15) is 44.9 Å². The van der Waals surface area contributed by atoms with Crippen molar-refractivity contribution in [3.05, 3.63) is 0 Å². The van der Waals surface area contributed by atoms with Gasteiger partial charge in [-0.05, 0) is 57.7 Å². The van der Waals surface area contributed by atoms with Crippen molar-refractivity contribution in [1.29, 1.82) is 0 Å². The molecule has 31 heavy (non-hydrogen) atoms. The van der Waals surface area contributed by atoms with Gasteiger partial charge in [0.25, 0.3) is 5.91 Å². The van der Waals surface area contributed by atoms with E-state index >= 15 is 0 Å². The number of urea groups is 1. The topological polar surface area (TPSA) is 124 Å². The summed E-state index contributed by atoms with van der Waals surface area (Å²) >= 11 is -2.58. The van der Waals surface area contributed by atoms with Crippen LogP contribution in [0.15, 0.2) is 0 Å². The Balaban J connectivity index is 1.17. The molecule has 3 N–H and O–H groups in total. The summed E-state index contributed by atoms with van der Waals surface area (Å²) in [6, 6.07) is -1.36. The molecule has 3 amide bonds. The summed E-state index contributed by atoms with van der Waals surface area (Å²) in [5.74, 6) is 0.223. The number of hydrogen-bond donors (Lipinski definition) is 3. The van der Waals surface area contributed by atoms with E-state index in [4.69, 9.17) is 9.39 Å². The molecule has 4 rings (SSSR count). The first kappa shape index (κ1) is 22.9. The molecule has 0 aromatic rings. The van der Waals surface area contributed by atoms with Crippen LogP contribution in [0, 0.1) is 5.92 Å². The van der Waals surface area contributed by atoms with Crippen LogP contribution in [0.4, 0.5) is 4.79 Å².